The Hall–Kier alpha value is -3.47. The van der Waals surface area contributed by atoms with Gasteiger partial charge in [0.15, 0.2) is 0 Å². The maximum absolute atomic E-state index is 13.2. The minimum atomic E-state index is -4.45. The van der Waals surface area contributed by atoms with Crippen molar-refractivity contribution in [3.63, 3.8) is 0 Å². The maximum Gasteiger partial charge on any atom is 0.417 e. The van der Waals surface area contributed by atoms with Crippen LogP contribution in [-0.4, -0.2) is 48.7 Å². The molecule has 5 rings (SSSR count). The van der Waals surface area contributed by atoms with Gasteiger partial charge in [-0.1, -0.05) is 0 Å². The highest BCUT2D eigenvalue weighted by Crippen LogP contribution is 2.31. The highest BCUT2D eigenvalue weighted by atomic mass is 19.4. The molecule has 2 atom stereocenters. The Bertz CT molecular complexity index is 1210. The van der Waals surface area contributed by atoms with Gasteiger partial charge in [0.1, 0.15) is 11.8 Å². The number of nitrogens with one attached hydrogen (secondary N) is 1. The van der Waals surface area contributed by atoms with Gasteiger partial charge in [0.25, 0.3) is 0 Å². The Balaban J connectivity index is 1.49. The molecule has 160 valence electrons. The van der Waals surface area contributed by atoms with Gasteiger partial charge in [-0.2, -0.15) is 18.3 Å². The molecule has 1 aliphatic rings. The molecule has 0 aromatic carbocycles. The van der Waals surface area contributed by atoms with E-state index in [0.29, 0.717) is 36.1 Å². The molecule has 5 heterocycles. The van der Waals surface area contributed by atoms with Crippen LogP contribution in [0.4, 0.5) is 19.1 Å². The quantitative estimate of drug-likeness (QED) is 0.537. The lowest BCUT2D eigenvalue weighted by Gasteiger charge is -2.36. The average molecular weight is 429 g/mol. The summed E-state index contributed by atoms with van der Waals surface area (Å²) >= 11 is 0. The smallest absolute Gasteiger partial charge is 0.367 e. The van der Waals surface area contributed by atoms with E-state index in [1.165, 1.54) is 16.7 Å². The van der Waals surface area contributed by atoms with Crippen LogP contribution in [0.5, 0.6) is 0 Å². The van der Waals surface area contributed by atoms with Crippen LogP contribution in [0.15, 0.2) is 49.2 Å². The fourth-order valence-corrected chi connectivity index (χ4v) is 3.72. The van der Waals surface area contributed by atoms with Crippen LogP contribution < -0.4 is 4.90 Å². The molecule has 1 N–H and O–H groups in total. The van der Waals surface area contributed by atoms with Gasteiger partial charge in [-0.05, 0) is 25.1 Å². The van der Waals surface area contributed by atoms with Crippen molar-refractivity contribution in [2.45, 2.75) is 25.3 Å². The number of fused-ring (bicyclic) bond motifs is 1. The number of ether oxygens (including phenoxy) is 1. The van der Waals surface area contributed by atoms with Gasteiger partial charge in [-0.3, -0.25) is 9.50 Å². The first-order chi connectivity index (χ1) is 14.9. The number of rotatable bonds is 3. The maximum atomic E-state index is 13.2. The van der Waals surface area contributed by atoms with Crippen LogP contribution in [0.25, 0.3) is 17.0 Å². The molecule has 31 heavy (non-hydrogen) atoms. The molecule has 4 aromatic rings. The zero-order chi connectivity index (χ0) is 21.6. The van der Waals surface area contributed by atoms with E-state index in [-0.39, 0.29) is 12.2 Å². The van der Waals surface area contributed by atoms with Crippen molar-refractivity contribution >= 4 is 11.6 Å². The molecule has 1 fully saturated rings. The average Bonchev–Trinajstić information content (AvgIpc) is 3.42. The second kappa shape index (κ2) is 7.34. The second-order valence-corrected chi connectivity index (χ2v) is 7.40. The monoisotopic (exact) mass is 429 g/mol. The summed E-state index contributed by atoms with van der Waals surface area (Å²) in [6, 6.07) is 4.01. The van der Waals surface area contributed by atoms with Crippen LogP contribution in [0.2, 0.25) is 0 Å². The first-order valence-electron chi connectivity index (χ1n) is 9.65. The minimum Gasteiger partial charge on any atom is -0.367 e. The molecular weight excluding hydrogens is 411 g/mol. The van der Waals surface area contributed by atoms with Gasteiger partial charge in [0.05, 0.1) is 42.0 Å². The normalized spacial score (nSPS) is 19.8. The van der Waals surface area contributed by atoms with Crippen LogP contribution in [0.1, 0.15) is 24.2 Å². The zero-order valence-electron chi connectivity index (χ0n) is 16.4. The molecule has 0 radical (unpaired) electrons. The number of imidazole rings is 1. The number of anilines is 1. The summed E-state index contributed by atoms with van der Waals surface area (Å²) in [4.78, 5) is 15.2. The van der Waals surface area contributed by atoms with Gasteiger partial charge in [-0.15, -0.1) is 0 Å². The van der Waals surface area contributed by atoms with Crippen molar-refractivity contribution in [1.29, 1.82) is 0 Å². The third kappa shape index (κ3) is 3.72. The molecule has 0 bridgehead atoms. The summed E-state index contributed by atoms with van der Waals surface area (Å²) in [5.41, 5.74) is 1.52. The molecule has 0 amide bonds. The minimum absolute atomic E-state index is 0.0638. The van der Waals surface area contributed by atoms with E-state index < -0.39 is 11.7 Å². The van der Waals surface area contributed by atoms with Crippen LogP contribution in [0.3, 0.4) is 0 Å². The number of nitrogens with zero attached hydrogens (tertiary/aromatic N) is 6. The van der Waals surface area contributed by atoms with Crippen molar-refractivity contribution in [2.75, 3.05) is 18.0 Å². The Kier molecular flexibility index (Phi) is 4.62. The SMILES string of the molecule is C[C@@H]1CN(c2nccc(-c3cnc4ccc(C(F)(F)F)cn34)n2)C[C@H](c2cn[nH]c2)O1. The van der Waals surface area contributed by atoms with Crippen molar-refractivity contribution in [3.05, 3.63) is 60.3 Å². The van der Waals surface area contributed by atoms with Crippen LogP contribution in [0, 0.1) is 0 Å². The summed E-state index contributed by atoms with van der Waals surface area (Å²) in [6.07, 6.45) is 2.94. The number of aromatic nitrogens is 6. The first kappa shape index (κ1) is 19.5. The Morgan fingerprint density at radius 2 is 2.00 bits per heavy atom. The van der Waals surface area contributed by atoms with Gasteiger partial charge in [-0.25, -0.2) is 15.0 Å². The van der Waals surface area contributed by atoms with Gasteiger partial charge < -0.3 is 9.64 Å². The molecule has 1 saturated heterocycles. The van der Waals surface area contributed by atoms with E-state index in [9.17, 15) is 13.2 Å². The van der Waals surface area contributed by atoms with E-state index >= 15 is 0 Å². The number of aromatic amines is 1. The summed E-state index contributed by atoms with van der Waals surface area (Å²) < 4.78 is 46.9. The van der Waals surface area contributed by atoms with Crippen LogP contribution in [-0.2, 0) is 10.9 Å². The molecule has 11 heteroatoms. The largest absolute Gasteiger partial charge is 0.417 e. The Morgan fingerprint density at radius 1 is 1.13 bits per heavy atom. The summed E-state index contributed by atoms with van der Waals surface area (Å²) in [6.45, 7) is 3.08. The summed E-state index contributed by atoms with van der Waals surface area (Å²) in [7, 11) is 0. The van der Waals surface area contributed by atoms with E-state index in [1.807, 2.05) is 11.8 Å². The van der Waals surface area contributed by atoms with E-state index in [4.69, 9.17) is 4.74 Å². The number of hydrogen-bond donors (Lipinski definition) is 1. The van der Waals surface area contributed by atoms with Crippen molar-refractivity contribution < 1.29 is 17.9 Å². The van der Waals surface area contributed by atoms with E-state index in [0.717, 1.165) is 17.8 Å². The molecule has 0 unspecified atom stereocenters. The molecule has 0 saturated carbocycles. The van der Waals surface area contributed by atoms with Gasteiger partial charge in [0.2, 0.25) is 5.95 Å². The van der Waals surface area contributed by atoms with E-state index in [2.05, 4.69) is 25.1 Å². The highest BCUT2D eigenvalue weighted by molar-refractivity contribution is 5.61. The third-order valence-electron chi connectivity index (χ3n) is 5.17. The Morgan fingerprint density at radius 3 is 2.77 bits per heavy atom. The number of pyridine rings is 1. The number of hydrogen-bond acceptors (Lipinski definition) is 6. The summed E-state index contributed by atoms with van der Waals surface area (Å²) in [5, 5.41) is 6.76. The predicted molar refractivity (Wildman–Crippen MR) is 105 cm³/mol. The lowest BCUT2D eigenvalue weighted by Crippen LogP contribution is -2.43. The molecule has 8 nitrogen and oxygen atoms in total. The van der Waals surface area contributed by atoms with Gasteiger partial charge in [0, 0.05) is 30.7 Å². The molecule has 4 aromatic heterocycles. The van der Waals surface area contributed by atoms with Crippen LogP contribution >= 0.6 is 0 Å². The fraction of sp³-hybridized carbons (Fsp3) is 0.300. The first-order valence-corrected chi connectivity index (χ1v) is 9.65. The van der Waals surface area contributed by atoms with Gasteiger partial charge >= 0.3 is 6.18 Å². The predicted octanol–water partition coefficient (Wildman–Crippen LogP) is 3.50. The lowest BCUT2D eigenvalue weighted by molar-refractivity contribution is -0.137. The molecule has 0 spiro atoms. The summed E-state index contributed by atoms with van der Waals surface area (Å²) in [5.74, 6) is 0.475. The molecule has 1 aliphatic heterocycles. The highest BCUT2D eigenvalue weighted by Gasteiger charge is 2.31. The number of alkyl halides is 3. The molecule has 0 aliphatic carbocycles. The zero-order valence-corrected chi connectivity index (χ0v) is 16.4. The molecular formula is C20H18F3N7O. The van der Waals surface area contributed by atoms with Crippen molar-refractivity contribution in [2.24, 2.45) is 0 Å². The third-order valence-corrected chi connectivity index (χ3v) is 5.17. The number of halogens is 3. The van der Waals surface area contributed by atoms with Crippen molar-refractivity contribution in [1.82, 2.24) is 29.5 Å². The lowest BCUT2D eigenvalue weighted by atomic mass is 10.1. The fourth-order valence-electron chi connectivity index (χ4n) is 3.72. The topological polar surface area (TPSA) is 84.2 Å². The number of morpholine rings is 1. The number of H-pyrrole nitrogens is 1. The van der Waals surface area contributed by atoms with Crippen molar-refractivity contribution in [3.8, 4) is 11.4 Å². The van der Waals surface area contributed by atoms with E-state index in [1.54, 1.807) is 24.7 Å². The second-order valence-electron chi connectivity index (χ2n) is 7.40. The Labute approximate surface area is 174 Å². The standard InChI is InChI=1S/C20H18F3N7O/c1-12-9-29(11-17(31-12)13-6-26-27-7-13)19-24-5-4-15(28-19)16-8-25-18-3-2-14(10-30(16)18)20(21,22)23/h2-8,10,12,17H,9,11H2,1H3,(H,26,27)/t12-,17-/m1/s1.